The van der Waals surface area contributed by atoms with Crippen LogP contribution in [-0.2, 0) is 33.3 Å². The summed E-state index contributed by atoms with van der Waals surface area (Å²) in [6.45, 7) is 16.1. The first-order valence-electron chi connectivity index (χ1n) is 23.1. The molecule has 57 heavy (non-hydrogen) atoms. The van der Waals surface area contributed by atoms with Gasteiger partial charge in [-0.25, -0.2) is 0 Å². The molecule has 6 atom stereocenters. The van der Waals surface area contributed by atoms with Crippen LogP contribution < -0.4 is 0 Å². The SMILES string of the molecule is CCC(O)CC(C)CC(C)OCC(CCCCCOCC(CO)(COCCCC(CC)N1CCCC1=O)COCCCC(CC)N1CCCC1=O)N1CCCC1=O. The van der Waals surface area contributed by atoms with E-state index in [0.29, 0.717) is 71.4 Å². The van der Waals surface area contributed by atoms with Gasteiger partial charge in [0.1, 0.15) is 0 Å². The summed E-state index contributed by atoms with van der Waals surface area (Å²) in [4.78, 5) is 43.4. The van der Waals surface area contributed by atoms with E-state index in [1.54, 1.807) is 0 Å². The van der Waals surface area contributed by atoms with Gasteiger partial charge in [-0.1, -0.05) is 40.5 Å². The monoisotopic (exact) mass is 810 g/mol. The van der Waals surface area contributed by atoms with Crippen molar-refractivity contribution in [1.82, 2.24) is 14.7 Å². The number of unbranched alkanes of at least 4 members (excludes halogenated alkanes) is 2. The van der Waals surface area contributed by atoms with Gasteiger partial charge in [0.15, 0.2) is 0 Å². The second kappa shape index (κ2) is 27.8. The lowest BCUT2D eigenvalue weighted by Crippen LogP contribution is -2.41. The van der Waals surface area contributed by atoms with Crippen LogP contribution in [0.15, 0.2) is 0 Å². The summed E-state index contributed by atoms with van der Waals surface area (Å²) in [6, 6.07) is 0.578. The molecule has 3 aliphatic heterocycles. The molecule has 0 spiro atoms. The zero-order chi connectivity index (χ0) is 41.5. The number of carbonyl (C=O) groups is 3. The van der Waals surface area contributed by atoms with Crippen molar-refractivity contribution in [3.05, 3.63) is 0 Å². The quantitative estimate of drug-likeness (QED) is 0.0697. The van der Waals surface area contributed by atoms with E-state index in [4.69, 9.17) is 18.9 Å². The van der Waals surface area contributed by atoms with Crippen molar-refractivity contribution in [3.8, 4) is 0 Å². The van der Waals surface area contributed by atoms with Crippen molar-refractivity contribution in [2.45, 2.75) is 187 Å². The first-order valence-corrected chi connectivity index (χ1v) is 23.1. The molecule has 3 amide bonds. The molecule has 0 aliphatic carbocycles. The number of hydrogen-bond donors (Lipinski definition) is 2. The van der Waals surface area contributed by atoms with Crippen LogP contribution in [0.2, 0.25) is 0 Å². The fourth-order valence-electron chi connectivity index (χ4n) is 9.02. The van der Waals surface area contributed by atoms with Crippen LogP contribution in [0, 0.1) is 11.3 Å². The fraction of sp³-hybridized carbons (Fsp3) is 0.933. The molecule has 2 N–H and O–H groups in total. The molecule has 3 heterocycles. The Morgan fingerprint density at radius 1 is 0.614 bits per heavy atom. The largest absolute Gasteiger partial charge is 0.396 e. The van der Waals surface area contributed by atoms with Crippen LogP contribution in [0.25, 0.3) is 0 Å². The highest BCUT2D eigenvalue weighted by atomic mass is 16.5. The van der Waals surface area contributed by atoms with E-state index >= 15 is 0 Å². The lowest BCUT2D eigenvalue weighted by molar-refractivity contribution is -0.132. The third-order valence-electron chi connectivity index (χ3n) is 12.6. The van der Waals surface area contributed by atoms with Crippen molar-refractivity contribution in [3.63, 3.8) is 0 Å². The zero-order valence-electron chi connectivity index (χ0n) is 36.8. The molecule has 0 aromatic heterocycles. The lowest BCUT2D eigenvalue weighted by Gasteiger charge is -2.32. The summed E-state index contributed by atoms with van der Waals surface area (Å²) in [5, 5.41) is 20.8. The highest BCUT2D eigenvalue weighted by molar-refractivity contribution is 5.79. The smallest absolute Gasteiger partial charge is 0.222 e. The molecule has 3 aliphatic rings. The summed E-state index contributed by atoms with van der Waals surface area (Å²) >= 11 is 0. The molecule has 3 rings (SSSR count). The Labute approximate surface area is 346 Å². The van der Waals surface area contributed by atoms with Gasteiger partial charge in [-0.15, -0.1) is 0 Å². The maximum absolute atomic E-state index is 12.7. The van der Waals surface area contributed by atoms with Crippen LogP contribution in [0.4, 0.5) is 0 Å². The van der Waals surface area contributed by atoms with Gasteiger partial charge >= 0.3 is 0 Å². The van der Waals surface area contributed by atoms with Crippen molar-refractivity contribution in [1.29, 1.82) is 0 Å². The molecule has 3 saturated heterocycles. The minimum Gasteiger partial charge on any atom is -0.396 e. The van der Waals surface area contributed by atoms with Gasteiger partial charge in [0.25, 0.3) is 0 Å². The molecule has 6 unspecified atom stereocenters. The molecular weight excluding hydrogens is 727 g/mol. The van der Waals surface area contributed by atoms with Gasteiger partial charge < -0.3 is 43.9 Å². The van der Waals surface area contributed by atoms with Gasteiger partial charge in [-0.05, 0) is 103 Å². The number of ether oxygens (including phenoxy) is 4. The van der Waals surface area contributed by atoms with Crippen LogP contribution >= 0.6 is 0 Å². The molecule has 0 aromatic rings. The number of nitrogens with zero attached hydrogens (tertiary/aromatic N) is 3. The van der Waals surface area contributed by atoms with Gasteiger partial charge in [0.05, 0.1) is 56.7 Å². The van der Waals surface area contributed by atoms with E-state index in [9.17, 15) is 24.6 Å². The Balaban J connectivity index is 1.45. The Bertz CT molecular complexity index is 1080. The number of carbonyl (C=O) groups excluding carboxylic acids is 3. The van der Waals surface area contributed by atoms with Gasteiger partial charge in [-0.3, -0.25) is 14.4 Å². The fourth-order valence-corrected chi connectivity index (χ4v) is 9.02. The van der Waals surface area contributed by atoms with Crippen LogP contribution in [0.1, 0.15) is 157 Å². The van der Waals surface area contributed by atoms with E-state index in [0.717, 1.165) is 122 Å². The molecule has 0 saturated carbocycles. The van der Waals surface area contributed by atoms with Crippen molar-refractivity contribution < 1.29 is 43.5 Å². The third kappa shape index (κ3) is 17.7. The maximum Gasteiger partial charge on any atom is 0.222 e. The minimum absolute atomic E-state index is 0.0696. The summed E-state index contributed by atoms with van der Waals surface area (Å²) in [5.41, 5.74) is -0.689. The number of likely N-dealkylation sites (tertiary alicyclic amines) is 3. The molecule has 0 bridgehead atoms. The minimum atomic E-state index is -0.689. The van der Waals surface area contributed by atoms with E-state index in [2.05, 4.69) is 27.7 Å². The number of rotatable bonds is 34. The molecule has 12 nitrogen and oxygen atoms in total. The van der Waals surface area contributed by atoms with Crippen LogP contribution in [-0.4, -0.2) is 145 Å². The molecular formula is C45H83N3O9. The second-order valence-corrected chi connectivity index (χ2v) is 17.6. The van der Waals surface area contributed by atoms with Gasteiger partial charge in [0, 0.05) is 70.8 Å². The Kier molecular flexibility index (Phi) is 24.2. The van der Waals surface area contributed by atoms with Gasteiger partial charge in [0.2, 0.25) is 17.7 Å². The zero-order valence-corrected chi connectivity index (χ0v) is 36.8. The van der Waals surface area contributed by atoms with E-state index in [1.165, 1.54) is 0 Å². The highest BCUT2D eigenvalue weighted by Crippen LogP contribution is 2.25. The third-order valence-corrected chi connectivity index (χ3v) is 12.6. The molecule has 12 heteroatoms. The maximum atomic E-state index is 12.7. The van der Waals surface area contributed by atoms with Crippen molar-refractivity contribution in [2.24, 2.45) is 11.3 Å². The Morgan fingerprint density at radius 2 is 1.07 bits per heavy atom. The lowest BCUT2D eigenvalue weighted by atomic mass is 9.92. The van der Waals surface area contributed by atoms with E-state index < -0.39 is 5.41 Å². The Hall–Kier alpha value is -1.83. The Morgan fingerprint density at radius 3 is 1.49 bits per heavy atom. The number of amides is 3. The number of hydrogen-bond acceptors (Lipinski definition) is 9. The number of aliphatic hydroxyl groups excluding tert-OH is 2. The molecule has 0 radical (unpaired) electrons. The average Bonchev–Trinajstić information content (AvgIpc) is 3.95. The summed E-state index contributed by atoms with van der Waals surface area (Å²) < 4.78 is 24.9. The van der Waals surface area contributed by atoms with E-state index in [1.807, 2.05) is 21.6 Å². The molecule has 3 fully saturated rings. The average molecular weight is 810 g/mol. The first-order chi connectivity index (χ1) is 27.6. The topological polar surface area (TPSA) is 138 Å². The van der Waals surface area contributed by atoms with Gasteiger partial charge in [-0.2, -0.15) is 0 Å². The summed E-state index contributed by atoms with van der Waals surface area (Å²) in [6.07, 6.45) is 16.0. The predicted octanol–water partition coefficient (Wildman–Crippen LogP) is 6.52. The van der Waals surface area contributed by atoms with Crippen LogP contribution in [0.3, 0.4) is 0 Å². The first kappa shape index (κ1) is 49.5. The number of aliphatic hydroxyl groups is 2. The normalized spacial score (nSPS) is 20.7. The van der Waals surface area contributed by atoms with E-state index in [-0.39, 0.29) is 54.7 Å². The second-order valence-electron chi connectivity index (χ2n) is 17.6. The van der Waals surface area contributed by atoms with Crippen molar-refractivity contribution >= 4 is 17.7 Å². The van der Waals surface area contributed by atoms with Crippen molar-refractivity contribution in [2.75, 3.05) is 72.5 Å². The predicted molar refractivity (Wildman–Crippen MR) is 224 cm³/mol. The standard InChI is InChI=1S/C45H83N3O9/c1-6-38(46-23-12-20-42(46)51)18-15-27-55-34-45(32-49,35-56-28-16-19-39(7-2)47-24-13-21-43(47)52)33-54-26-11-9-10-17-40(48-25-14-22-44(48)53)31-57-37(5)29-36(4)30-41(50)8-3/h36-41,49-50H,6-35H2,1-5H3. The summed E-state index contributed by atoms with van der Waals surface area (Å²) in [7, 11) is 0. The van der Waals surface area contributed by atoms with Crippen LogP contribution in [0.5, 0.6) is 0 Å². The highest BCUT2D eigenvalue weighted by Gasteiger charge is 2.33. The molecule has 0 aromatic carbocycles. The molecule has 332 valence electrons. The summed E-state index contributed by atoms with van der Waals surface area (Å²) in [5.74, 6) is 1.13.